The SMILES string of the molecule is Cc1ccc(C(=O)NCC2(O)CCC2)cc1C. The highest BCUT2D eigenvalue weighted by Crippen LogP contribution is 2.30. The van der Waals surface area contributed by atoms with E-state index in [-0.39, 0.29) is 5.91 Å². The van der Waals surface area contributed by atoms with Crippen molar-refractivity contribution < 1.29 is 9.90 Å². The van der Waals surface area contributed by atoms with Crippen molar-refractivity contribution in [3.05, 3.63) is 34.9 Å². The van der Waals surface area contributed by atoms with Gasteiger partial charge in [0.15, 0.2) is 0 Å². The number of rotatable bonds is 3. The van der Waals surface area contributed by atoms with Crippen molar-refractivity contribution >= 4 is 5.91 Å². The standard InChI is InChI=1S/C14H19NO2/c1-10-4-5-12(8-11(10)2)13(16)15-9-14(17)6-3-7-14/h4-5,8,17H,3,6-7,9H2,1-2H3,(H,15,16). The van der Waals surface area contributed by atoms with E-state index < -0.39 is 5.60 Å². The quantitative estimate of drug-likeness (QED) is 0.838. The predicted octanol–water partition coefficient (Wildman–Crippen LogP) is 1.95. The largest absolute Gasteiger partial charge is 0.388 e. The minimum Gasteiger partial charge on any atom is -0.388 e. The topological polar surface area (TPSA) is 49.3 Å². The Morgan fingerprint density at radius 2 is 2.06 bits per heavy atom. The van der Waals surface area contributed by atoms with Crippen LogP contribution in [0.2, 0.25) is 0 Å². The lowest BCUT2D eigenvalue weighted by Crippen LogP contribution is -2.47. The van der Waals surface area contributed by atoms with Gasteiger partial charge in [0.1, 0.15) is 0 Å². The Labute approximate surface area is 102 Å². The maximum absolute atomic E-state index is 11.9. The average molecular weight is 233 g/mol. The third kappa shape index (κ3) is 2.67. The van der Waals surface area contributed by atoms with Gasteiger partial charge < -0.3 is 10.4 Å². The summed E-state index contributed by atoms with van der Waals surface area (Å²) in [5.74, 6) is -0.103. The number of amides is 1. The fourth-order valence-electron chi connectivity index (χ4n) is 1.99. The van der Waals surface area contributed by atoms with Gasteiger partial charge in [0.2, 0.25) is 0 Å². The zero-order valence-electron chi connectivity index (χ0n) is 10.4. The molecular weight excluding hydrogens is 214 g/mol. The van der Waals surface area contributed by atoms with Crippen molar-refractivity contribution in [1.82, 2.24) is 5.32 Å². The van der Waals surface area contributed by atoms with Gasteiger partial charge in [-0.05, 0) is 56.4 Å². The van der Waals surface area contributed by atoms with Crippen LogP contribution in [-0.2, 0) is 0 Å². The van der Waals surface area contributed by atoms with Gasteiger partial charge in [-0.3, -0.25) is 4.79 Å². The monoisotopic (exact) mass is 233 g/mol. The molecule has 0 aromatic heterocycles. The summed E-state index contributed by atoms with van der Waals surface area (Å²) in [5.41, 5.74) is 2.30. The maximum Gasteiger partial charge on any atom is 0.251 e. The molecule has 2 rings (SSSR count). The number of aliphatic hydroxyl groups is 1. The van der Waals surface area contributed by atoms with E-state index in [9.17, 15) is 9.90 Å². The first-order chi connectivity index (χ1) is 8.00. The first-order valence-electron chi connectivity index (χ1n) is 6.08. The van der Waals surface area contributed by atoms with Crippen molar-refractivity contribution in [1.29, 1.82) is 0 Å². The van der Waals surface area contributed by atoms with Crippen molar-refractivity contribution in [2.45, 2.75) is 38.7 Å². The molecule has 3 heteroatoms. The third-order valence-electron chi connectivity index (χ3n) is 3.63. The number of hydrogen-bond acceptors (Lipinski definition) is 2. The van der Waals surface area contributed by atoms with E-state index in [0.717, 1.165) is 24.8 Å². The number of hydrogen-bond donors (Lipinski definition) is 2. The second kappa shape index (κ2) is 4.49. The number of benzene rings is 1. The molecule has 17 heavy (non-hydrogen) atoms. The minimum atomic E-state index is -0.657. The Kier molecular flexibility index (Phi) is 3.20. The van der Waals surface area contributed by atoms with Gasteiger partial charge in [-0.25, -0.2) is 0 Å². The molecule has 0 radical (unpaired) electrons. The van der Waals surface area contributed by atoms with Crippen molar-refractivity contribution in [2.75, 3.05) is 6.54 Å². The van der Waals surface area contributed by atoms with Crippen molar-refractivity contribution in [2.24, 2.45) is 0 Å². The van der Waals surface area contributed by atoms with Crippen LogP contribution in [0.15, 0.2) is 18.2 Å². The Hall–Kier alpha value is -1.35. The van der Waals surface area contributed by atoms with Crippen LogP contribution in [0.4, 0.5) is 0 Å². The molecule has 0 bridgehead atoms. The summed E-state index contributed by atoms with van der Waals surface area (Å²) in [6, 6.07) is 5.65. The molecule has 1 amide bonds. The van der Waals surface area contributed by atoms with Gasteiger partial charge in [0, 0.05) is 12.1 Å². The molecule has 92 valence electrons. The average Bonchev–Trinajstić information content (AvgIpc) is 2.27. The fraction of sp³-hybridized carbons (Fsp3) is 0.500. The van der Waals surface area contributed by atoms with Gasteiger partial charge in [-0.1, -0.05) is 6.07 Å². The summed E-state index contributed by atoms with van der Waals surface area (Å²) in [5, 5.41) is 12.7. The summed E-state index contributed by atoms with van der Waals surface area (Å²) in [7, 11) is 0. The highest BCUT2D eigenvalue weighted by molar-refractivity contribution is 5.94. The van der Waals surface area contributed by atoms with Crippen LogP contribution in [-0.4, -0.2) is 23.2 Å². The predicted molar refractivity (Wildman–Crippen MR) is 67.1 cm³/mol. The molecule has 1 fully saturated rings. The Bertz CT molecular complexity index is 436. The Balaban J connectivity index is 1.97. The van der Waals surface area contributed by atoms with Gasteiger partial charge in [0.25, 0.3) is 5.91 Å². The van der Waals surface area contributed by atoms with Crippen LogP contribution in [0.5, 0.6) is 0 Å². The van der Waals surface area contributed by atoms with Gasteiger partial charge >= 0.3 is 0 Å². The molecular formula is C14H19NO2. The molecule has 0 saturated heterocycles. The summed E-state index contributed by atoms with van der Waals surface area (Å²) >= 11 is 0. The van der Waals surface area contributed by atoms with Gasteiger partial charge in [0.05, 0.1) is 5.60 Å². The van der Waals surface area contributed by atoms with E-state index in [1.165, 1.54) is 5.56 Å². The minimum absolute atomic E-state index is 0.103. The van der Waals surface area contributed by atoms with E-state index in [0.29, 0.717) is 12.1 Å². The summed E-state index contributed by atoms with van der Waals surface area (Å²) in [4.78, 5) is 11.9. The number of aryl methyl sites for hydroxylation is 2. The van der Waals surface area contributed by atoms with Crippen LogP contribution in [0, 0.1) is 13.8 Å². The van der Waals surface area contributed by atoms with E-state index in [2.05, 4.69) is 5.32 Å². The van der Waals surface area contributed by atoms with Crippen LogP contribution < -0.4 is 5.32 Å². The smallest absolute Gasteiger partial charge is 0.251 e. The molecule has 3 nitrogen and oxygen atoms in total. The van der Waals surface area contributed by atoms with Crippen LogP contribution in [0.25, 0.3) is 0 Å². The molecule has 0 aliphatic heterocycles. The molecule has 1 aliphatic carbocycles. The summed E-state index contributed by atoms with van der Waals surface area (Å²) in [6.45, 7) is 4.37. The second-order valence-electron chi connectivity index (χ2n) is 5.06. The molecule has 0 atom stereocenters. The van der Waals surface area contributed by atoms with Crippen molar-refractivity contribution in [3.8, 4) is 0 Å². The molecule has 1 aliphatic rings. The molecule has 0 spiro atoms. The van der Waals surface area contributed by atoms with Gasteiger partial charge in [-0.15, -0.1) is 0 Å². The van der Waals surface area contributed by atoms with Crippen molar-refractivity contribution in [3.63, 3.8) is 0 Å². The van der Waals surface area contributed by atoms with E-state index in [1.807, 2.05) is 32.0 Å². The zero-order chi connectivity index (χ0) is 12.5. The highest BCUT2D eigenvalue weighted by atomic mass is 16.3. The molecule has 1 saturated carbocycles. The molecule has 1 aromatic carbocycles. The maximum atomic E-state index is 11.9. The van der Waals surface area contributed by atoms with Crippen LogP contribution in [0.1, 0.15) is 40.7 Å². The summed E-state index contributed by atoms with van der Waals surface area (Å²) < 4.78 is 0. The zero-order valence-corrected chi connectivity index (χ0v) is 10.4. The fourth-order valence-corrected chi connectivity index (χ4v) is 1.99. The van der Waals surface area contributed by atoms with E-state index in [4.69, 9.17) is 0 Å². The molecule has 0 unspecified atom stereocenters. The van der Waals surface area contributed by atoms with Crippen LogP contribution in [0.3, 0.4) is 0 Å². The van der Waals surface area contributed by atoms with Gasteiger partial charge in [-0.2, -0.15) is 0 Å². The lowest BCUT2D eigenvalue weighted by Gasteiger charge is -2.36. The van der Waals surface area contributed by atoms with E-state index in [1.54, 1.807) is 0 Å². The number of carbonyl (C=O) groups excluding carboxylic acids is 1. The Morgan fingerprint density at radius 3 is 2.59 bits per heavy atom. The van der Waals surface area contributed by atoms with E-state index >= 15 is 0 Å². The highest BCUT2D eigenvalue weighted by Gasteiger charge is 2.34. The molecule has 1 aromatic rings. The number of nitrogens with one attached hydrogen (secondary N) is 1. The first kappa shape index (κ1) is 12.1. The normalized spacial score (nSPS) is 17.4. The lowest BCUT2D eigenvalue weighted by molar-refractivity contribution is -0.0300. The lowest BCUT2D eigenvalue weighted by atomic mass is 9.80. The first-order valence-corrected chi connectivity index (χ1v) is 6.08. The summed E-state index contributed by atoms with van der Waals surface area (Å²) in [6.07, 6.45) is 2.64. The Morgan fingerprint density at radius 1 is 1.35 bits per heavy atom. The third-order valence-corrected chi connectivity index (χ3v) is 3.63. The van der Waals surface area contributed by atoms with Crippen LogP contribution >= 0.6 is 0 Å². The molecule has 2 N–H and O–H groups in total. The number of carbonyl (C=O) groups is 1. The second-order valence-corrected chi connectivity index (χ2v) is 5.06. The molecule has 0 heterocycles.